The zero-order valence-corrected chi connectivity index (χ0v) is 19.3. The smallest absolute Gasteiger partial charge is 0.259 e. The zero-order chi connectivity index (χ0) is 22.6. The van der Waals surface area contributed by atoms with Crippen molar-refractivity contribution in [1.29, 1.82) is 0 Å². The number of nitrogens with one attached hydrogen (secondary N) is 1. The average Bonchev–Trinajstić information content (AvgIpc) is 2.78. The highest BCUT2D eigenvalue weighted by Gasteiger charge is 2.51. The predicted molar refractivity (Wildman–Crippen MR) is 132 cm³/mol. The normalized spacial score (nSPS) is 28.7. The summed E-state index contributed by atoms with van der Waals surface area (Å²) in [6.07, 6.45) is 10.3. The van der Waals surface area contributed by atoms with E-state index in [0.717, 1.165) is 34.4 Å². The van der Waals surface area contributed by atoms with Crippen LogP contribution in [0.3, 0.4) is 0 Å². The van der Waals surface area contributed by atoms with E-state index in [1.165, 1.54) is 38.5 Å². The summed E-state index contributed by atoms with van der Waals surface area (Å²) in [5.74, 6) is 2.62. The van der Waals surface area contributed by atoms with E-state index < -0.39 is 0 Å². The molecule has 4 aliphatic rings. The average molecular weight is 441 g/mol. The van der Waals surface area contributed by atoms with E-state index in [9.17, 15) is 9.59 Å². The van der Waals surface area contributed by atoms with Gasteiger partial charge in [0.2, 0.25) is 5.91 Å². The van der Waals surface area contributed by atoms with E-state index in [-0.39, 0.29) is 22.9 Å². The first-order valence-corrected chi connectivity index (χ1v) is 12.5. The van der Waals surface area contributed by atoms with Crippen molar-refractivity contribution in [3.63, 3.8) is 0 Å². The van der Waals surface area contributed by atoms with Crippen LogP contribution >= 0.6 is 0 Å². The molecule has 0 spiro atoms. The lowest BCUT2D eigenvalue weighted by Gasteiger charge is -2.56. The van der Waals surface area contributed by atoms with E-state index in [1.54, 1.807) is 4.57 Å². The second-order valence-electron chi connectivity index (χ2n) is 11.0. The van der Waals surface area contributed by atoms with Crippen molar-refractivity contribution in [2.24, 2.45) is 23.2 Å². The van der Waals surface area contributed by atoms with Crippen molar-refractivity contribution < 1.29 is 4.79 Å². The Kier molecular flexibility index (Phi) is 4.93. The number of hydrogen-bond acceptors (Lipinski definition) is 2. The van der Waals surface area contributed by atoms with Gasteiger partial charge in [-0.15, -0.1) is 0 Å². The Morgan fingerprint density at radius 2 is 1.61 bits per heavy atom. The van der Waals surface area contributed by atoms with Gasteiger partial charge >= 0.3 is 0 Å². The summed E-state index contributed by atoms with van der Waals surface area (Å²) in [7, 11) is 0. The number of nitrogens with zero attached hydrogens (tertiary/aromatic N) is 1. The van der Waals surface area contributed by atoms with Gasteiger partial charge in [-0.1, -0.05) is 36.4 Å². The molecule has 0 radical (unpaired) electrons. The van der Waals surface area contributed by atoms with E-state index in [4.69, 9.17) is 0 Å². The molecule has 1 N–H and O–H groups in total. The minimum atomic E-state index is -0.0579. The fourth-order valence-corrected chi connectivity index (χ4v) is 7.64. The molecule has 4 nitrogen and oxygen atoms in total. The number of rotatable bonds is 5. The Morgan fingerprint density at radius 3 is 2.27 bits per heavy atom. The topological polar surface area (TPSA) is 51.1 Å². The van der Waals surface area contributed by atoms with Gasteiger partial charge < -0.3 is 9.88 Å². The van der Waals surface area contributed by atoms with Gasteiger partial charge in [-0.2, -0.15) is 0 Å². The molecule has 33 heavy (non-hydrogen) atoms. The SMILES string of the molecule is C[C@H](c1ccccc1)n1ccc2c(NC(=O)CC34CC5CC(CC(C5)C3)C4)cccc2c1=O. The molecule has 4 aliphatic carbocycles. The minimum Gasteiger partial charge on any atom is -0.325 e. The van der Waals surface area contributed by atoms with Crippen LogP contribution in [0.2, 0.25) is 0 Å². The summed E-state index contributed by atoms with van der Waals surface area (Å²) in [5.41, 5.74) is 2.03. The summed E-state index contributed by atoms with van der Waals surface area (Å²) in [5, 5.41) is 4.64. The third-order valence-electron chi connectivity index (χ3n) is 8.65. The van der Waals surface area contributed by atoms with E-state index in [2.05, 4.69) is 5.32 Å². The number of hydrogen-bond donors (Lipinski definition) is 1. The summed E-state index contributed by atoms with van der Waals surface area (Å²) in [4.78, 5) is 26.5. The quantitative estimate of drug-likeness (QED) is 0.517. The van der Waals surface area contributed by atoms with Crippen LogP contribution in [0, 0.1) is 23.2 Å². The molecule has 4 heteroatoms. The number of pyridine rings is 1. The van der Waals surface area contributed by atoms with Gasteiger partial charge in [-0.05, 0) is 92.4 Å². The standard InChI is InChI=1S/C29H32N2O2/c1-19(23-6-3-2-4-7-23)31-11-10-24-25(28(31)33)8-5-9-26(24)30-27(32)18-29-15-20-12-21(16-29)14-22(13-20)17-29/h2-11,19-22H,12-18H2,1H3,(H,30,32)/t19-,20?,21?,22?,29?/m1/s1. The lowest BCUT2D eigenvalue weighted by molar-refractivity contribution is -0.124. The van der Waals surface area contributed by atoms with E-state index in [0.29, 0.717) is 11.8 Å². The second kappa shape index (κ2) is 7.86. The molecule has 4 fully saturated rings. The first-order valence-electron chi connectivity index (χ1n) is 12.5. The van der Waals surface area contributed by atoms with E-state index >= 15 is 0 Å². The molecular formula is C29H32N2O2. The predicted octanol–water partition coefficient (Wildman–Crippen LogP) is 6.16. The minimum absolute atomic E-state index is 0.0268. The van der Waals surface area contributed by atoms with Crippen LogP contribution in [0.15, 0.2) is 65.6 Å². The number of aromatic nitrogens is 1. The highest BCUT2D eigenvalue weighted by Crippen LogP contribution is 2.61. The van der Waals surface area contributed by atoms with Crippen LogP contribution in [0.4, 0.5) is 5.69 Å². The largest absolute Gasteiger partial charge is 0.325 e. The molecule has 0 saturated heterocycles. The van der Waals surface area contributed by atoms with Crippen molar-refractivity contribution in [2.75, 3.05) is 5.32 Å². The number of carbonyl (C=O) groups is 1. The molecule has 1 heterocycles. The Bertz CT molecular complexity index is 1220. The summed E-state index contributed by atoms with van der Waals surface area (Å²) >= 11 is 0. The van der Waals surface area contributed by atoms with Crippen LogP contribution in [0.25, 0.3) is 10.8 Å². The first kappa shape index (κ1) is 20.7. The Morgan fingerprint density at radius 1 is 0.939 bits per heavy atom. The highest BCUT2D eigenvalue weighted by molar-refractivity contribution is 6.02. The molecule has 1 aromatic heterocycles. The maximum atomic E-state index is 13.3. The Hall–Kier alpha value is -2.88. The van der Waals surface area contributed by atoms with Crippen molar-refractivity contribution in [3.8, 4) is 0 Å². The number of fused-ring (bicyclic) bond motifs is 1. The lowest BCUT2D eigenvalue weighted by Crippen LogP contribution is -2.47. The highest BCUT2D eigenvalue weighted by atomic mass is 16.1. The summed E-state index contributed by atoms with van der Waals surface area (Å²) < 4.78 is 1.78. The van der Waals surface area contributed by atoms with Gasteiger partial charge in [0, 0.05) is 29.1 Å². The molecule has 0 unspecified atom stereocenters. The fraction of sp³-hybridized carbons (Fsp3) is 0.448. The molecule has 4 saturated carbocycles. The van der Waals surface area contributed by atoms with Gasteiger partial charge in [-0.3, -0.25) is 9.59 Å². The number of amides is 1. The van der Waals surface area contributed by atoms with Crippen molar-refractivity contribution in [2.45, 2.75) is 57.9 Å². The maximum Gasteiger partial charge on any atom is 0.259 e. The third kappa shape index (κ3) is 3.70. The molecule has 1 atom stereocenters. The molecule has 4 bridgehead atoms. The Labute approximate surface area is 195 Å². The van der Waals surface area contributed by atoms with E-state index in [1.807, 2.05) is 67.7 Å². The van der Waals surface area contributed by atoms with Gasteiger partial charge in [0.25, 0.3) is 5.56 Å². The molecule has 170 valence electrons. The zero-order valence-electron chi connectivity index (χ0n) is 19.3. The van der Waals surface area contributed by atoms with Gasteiger partial charge in [-0.25, -0.2) is 0 Å². The molecule has 2 aromatic carbocycles. The van der Waals surface area contributed by atoms with Gasteiger partial charge in [0.15, 0.2) is 0 Å². The molecular weight excluding hydrogens is 408 g/mol. The summed E-state index contributed by atoms with van der Waals surface area (Å²) in [6, 6.07) is 17.6. The van der Waals surface area contributed by atoms with Crippen LogP contribution in [-0.2, 0) is 4.79 Å². The maximum absolute atomic E-state index is 13.3. The van der Waals surface area contributed by atoms with Crippen LogP contribution in [0.1, 0.15) is 63.5 Å². The first-order chi connectivity index (χ1) is 16.0. The Balaban J connectivity index is 1.25. The number of anilines is 1. The monoisotopic (exact) mass is 440 g/mol. The van der Waals surface area contributed by atoms with Crippen molar-refractivity contribution >= 4 is 22.4 Å². The van der Waals surface area contributed by atoms with Crippen molar-refractivity contribution in [1.82, 2.24) is 4.57 Å². The molecule has 3 aromatic rings. The van der Waals surface area contributed by atoms with Crippen molar-refractivity contribution in [3.05, 3.63) is 76.7 Å². The lowest BCUT2D eigenvalue weighted by atomic mass is 9.49. The summed E-state index contributed by atoms with van der Waals surface area (Å²) in [6.45, 7) is 2.04. The molecule has 7 rings (SSSR count). The third-order valence-corrected chi connectivity index (χ3v) is 8.65. The van der Waals surface area contributed by atoms with Crippen LogP contribution < -0.4 is 10.9 Å². The number of benzene rings is 2. The fourth-order valence-electron chi connectivity index (χ4n) is 7.64. The molecule has 0 aliphatic heterocycles. The number of carbonyl (C=O) groups excluding carboxylic acids is 1. The molecule has 1 amide bonds. The van der Waals surface area contributed by atoms with Crippen LogP contribution in [0.5, 0.6) is 0 Å². The van der Waals surface area contributed by atoms with Gasteiger partial charge in [0.05, 0.1) is 6.04 Å². The second-order valence-corrected chi connectivity index (χ2v) is 11.0. The van der Waals surface area contributed by atoms with Gasteiger partial charge in [0.1, 0.15) is 0 Å². The van der Waals surface area contributed by atoms with Crippen LogP contribution in [-0.4, -0.2) is 10.5 Å².